The van der Waals surface area contributed by atoms with Crippen molar-refractivity contribution in [1.29, 1.82) is 0 Å². The first-order chi connectivity index (χ1) is 9.06. The molecule has 0 heterocycles. The molecule has 0 saturated carbocycles. The van der Waals surface area contributed by atoms with Gasteiger partial charge in [-0.15, -0.1) is 0 Å². The summed E-state index contributed by atoms with van der Waals surface area (Å²) in [4.78, 5) is 0. The number of benzene rings is 2. The Kier molecular flexibility index (Phi) is 4.77. The second-order valence-electron chi connectivity index (χ2n) is 4.02. The number of hydrogen-bond acceptors (Lipinski definition) is 1. The summed E-state index contributed by atoms with van der Waals surface area (Å²) in [6.45, 7) is 0.458. The third-order valence-electron chi connectivity index (χ3n) is 2.61. The van der Waals surface area contributed by atoms with Crippen molar-refractivity contribution in [2.75, 3.05) is 5.32 Å². The van der Waals surface area contributed by atoms with Crippen molar-refractivity contribution in [2.45, 2.75) is 13.0 Å². The van der Waals surface area contributed by atoms with Crippen molar-refractivity contribution in [3.05, 3.63) is 63.1 Å². The molecule has 5 heteroatoms. The van der Waals surface area contributed by atoms with Crippen molar-refractivity contribution in [3.63, 3.8) is 0 Å². The van der Waals surface area contributed by atoms with Gasteiger partial charge < -0.3 is 5.32 Å². The summed E-state index contributed by atoms with van der Waals surface area (Å²) in [5, 5.41) is 3.78. The van der Waals surface area contributed by atoms with Gasteiger partial charge in [-0.25, -0.2) is 8.78 Å². The lowest BCUT2D eigenvalue weighted by Crippen LogP contribution is -2.00. The maximum absolute atomic E-state index is 12.6. The van der Waals surface area contributed by atoms with E-state index in [4.69, 9.17) is 11.6 Å². The molecule has 0 spiro atoms. The first-order valence-corrected chi connectivity index (χ1v) is 6.79. The van der Waals surface area contributed by atoms with Gasteiger partial charge in [0.2, 0.25) is 0 Å². The van der Waals surface area contributed by atoms with Crippen LogP contribution in [0.2, 0.25) is 5.02 Å². The Morgan fingerprint density at radius 1 is 1.16 bits per heavy atom. The molecule has 19 heavy (non-hydrogen) atoms. The van der Waals surface area contributed by atoms with Crippen LogP contribution >= 0.6 is 27.5 Å². The molecule has 2 aromatic rings. The van der Waals surface area contributed by atoms with Crippen LogP contribution in [0.15, 0.2) is 46.9 Å². The second kappa shape index (κ2) is 6.35. The summed E-state index contributed by atoms with van der Waals surface area (Å²) in [6.07, 6.45) is -2.45. The summed E-state index contributed by atoms with van der Waals surface area (Å²) in [5.41, 5.74) is 1.66. The Morgan fingerprint density at radius 3 is 2.68 bits per heavy atom. The average Bonchev–Trinajstić information content (AvgIpc) is 2.40. The van der Waals surface area contributed by atoms with E-state index in [1.807, 2.05) is 6.07 Å². The topological polar surface area (TPSA) is 12.0 Å². The van der Waals surface area contributed by atoms with Crippen molar-refractivity contribution in [1.82, 2.24) is 0 Å². The van der Waals surface area contributed by atoms with E-state index in [0.717, 1.165) is 15.7 Å². The summed E-state index contributed by atoms with van der Waals surface area (Å²) < 4.78 is 26.0. The molecule has 0 atom stereocenters. The van der Waals surface area contributed by atoms with Crippen LogP contribution in [0.4, 0.5) is 14.5 Å². The molecule has 100 valence electrons. The van der Waals surface area contributed by atoms with Crippen LogP contribution in [-0.2, 0) is 6.54 Å². The Balaban J connectivity index is 2.10. The fourth-order valence-electron chi connectivity index (χ4n) is 1.67. The molecule has 2 aromatic carbocycles. The number of nitrogens with one attached hydrogen (secondary N) is 1. The van der Waals surface area contributed by atoms with Crippen molar-refractivity contribution < 1.29 is 8.78 Å². The van der Waals surface area contributed by atoms with Gasteiger partial charge in [-0.05, 0) is 45.8 Å². The van der Waals surface area contributed by atoms with Crippen LogP contribution in [0.5, 0.6) is 0 Å². The molecule has 0 bridgehead atoms. The van der Waals surface area contributed by atoms with Gasteiger partial charge in [0.05, 0.1) is 5.69 Å². The maximum atomic E-state index is 12.6. The lowest BCUT2D eigenvalue weighted by atomic mass is 10.1. The Morgan fingerprint density at radius 2 is 1.95 bits per heavy atom. The van der Waals surface area contributed by atoms with Crippen LogP contribution in [0.25, 0.3) is 0 Å². The zero-order chi connectivity index (χ0) is 13.8. The lowest BCUT2D eigenvalue weighted by molar-refractivity contribution is 0.151. The van der Waals surface area contributed by atoms with Crippen molar-refractivity contribution in [3.8, 4) is 0 Å². The SMILES string of the molecule is FC(F)c1cccc(CNc2cc(Cl)ccc2Br)c1. The Hall–Kier alpha value is -1.13. The minimum atomic E-state index is -2.45. The van der Waals surface area contributed by atoms with Crippen LogP contribution in [-0.4, -0.2) is 0 Å². The van der Waals surface area contributed by atoms with E-state index in [1.165, 1.54) is 12.1 Å². The second-order valence-corrected chi connectivity index (χ2v) is 5.31. The molecule has 0 aliphatic rings. The van der Waals surface area contributed by atoms with E-state index in [9.17, 15) is 8.78 Å². The molecule has 1 nitrogen and oxygen atoms in total. The minimum absolute atomic E-state index is 0.0319. The molecule has 0 fully saturated rings. The quantitative estimate of drug-likeness (QED) is 0.754. The lowest BCUT2D eigenvalue weighted by Gasteiger charge is -2.10. The highest BCUT2D eigenvalue weighted by Gasteiger charge is 2.07. The Labute approximate surface area is 123 Å². The third-order valence-corrected chi connectivity index (χ3v) is 3.54. The van der Waals surface area contributed by atoms with Gasteiger partial charge in [0, 0.05) is 21.6 Å². The molecule has 0 amide bonds. The van der Waals surface area contributed by atoms with Gasteiger partial charge in [-0.3, -0.25) is 0 Å². The molecule has 0 aliphatic heterocycles. The van der Waals surface area contributed by atoms with E-state index < -0.39 is 6.43 Å². The third kappa shape index (κ3) is 3.91. The Bertz CT molecular complexity index is 575. The fraction of sp³-hybridized carbons (Fsp3) is 0.143. The molecule has 2 rings (SSSR count). The van der Waals surface area contributed by atoms with Crippen molar-refractivity contribution >= 4 is 33.2 Å². The molecule has 0 aliphatic carbocycles. The van der Waals surface area contributed by atoms with Gasteiger partial charge in [0.25, 0.3) is 6.43 Å². The highest BCUT2D eigenvalue weighted by atomic mass is 79.9. The molecular formula is C14H11BrClF2N. The fourth-order valence-corrected chi connectivity index (χ4v) is 2.23. The van der Waals surface area contributed by atoms with E-state index in [-0.39, 0.29) is 5.56 Å². The largest absolute Gasteiger partial charge is 0.380 e. The van der Waals surface area contributed by atoms with E-state index in [2.05, 4.69) is 21.2 Å². The summed E-state index contributed by atoms with van der Waals surface area (Å²) in [6, 6.07) is 11.7. The highest BCUT2D eigenvalue weighted by molar-refractivity contribution is 9.10. The predicted octanol–water partition coefficient (Wildman–Crippen LogP) is 5.65. The number of hydrogen-bond donors (Lipinski definition) is 1. The monoisotopic (exact) mass is 345 g/mol. The highest BCUT2D eigenvalue weighted by Crippen LogP contribution is 2.26. The van der Waals surface area contributed by atoms with Gasteiger partial charge in [-0.1, -0.05) is 29.8 Å². The molecule has 1 N–H and O–H groups in total. The van der Waals surface area contributed by atoms with Crippen LogP contribution in [0, 0.1) is 0 Å². The number of rotatable bonds is 4. The van der Waals surface area contributed by atoms with Gasteiger partial charge in [-0.2, -0.15) is 0 Å². The van der Waals surface area contributed by atoms with E-state index >= 15 is 0 Å². The van der Waals surface area contributed by atoms with Crippen LogP contribution < -0.4 is 5.32 Å². The molecule has 0 saturated heterocycles. The van der Waals surface area contributed by atoms with Gasteiger partial charge in [0.15, 0.2) is 0 Å². The number of anilines is 1. The van der Waals surface area contributed by atoms with Crippen LogP contribution in [0.1, 0.15) is 17.6 Å². The zero-order valence-electron chi connectivity index (χ0n) is 9.84. The zero-order valence-corrected chi connectivity index (χ0v) is 12.2. The van der Waals surface area contributed by atoms with E-state index in [0.29, 0.717) is 11.6 Å². The molecule has 0 unspecified atom stereocenters. The number of halogens is 4. The van der Waals surface area contributed by atoms with Crippen LogP contribution in [0.3, 0.4) is 0 Å². The average molecular weight is 347 g/mol. The first-order valence-electron chi connectivity index (χ1n) is 5.62. The minimum Gasteiger partial charge on any atom is -0.380 e. The van der Waals surface area contributed by atoms with Gasteiger partial charge >= 0.3 is 0 Å². The first kappa shape index (κ1) is 14.3. The molecule has 0 aromatic heterocycles. The molecular weight excluding hydrogens is 336 g/mol. The number of alkyl halides is 2. The standard InChI is InChI=1S/C14H11BrClF2N/c15-12-5-4-11(16)7-13(12)19-8-9-2-1-3-10(6-9)14(17)18/h1-7,14,19H,8H2. The summed E-state index contributed by atoms with van der Waals surface area (Å²) in [7, 11) is 0. The maximum Gasteiger partial charge on any atom is 0.263 e. The van der Waals surface area contributed by atoms with Crippen molar-refractivity contribution in [2.24, 2.45) is 0 Å². The molecule has 0 radical (unpaired) electrons. The normalized spacial score (nSPS) is 10.8. The van der Waals surface area contributed by atoms with E-state index in [1.54, 1.807) is 24.3 Å². The van der Waals surface area contributed by atoms with Gasteiger partial charge in [0.1, 0.15) is 0 Å². The summed E-state index contributed by atoms with van der Waals surface area (Å²) in [5.74, 6) is 0. The smallest absolute Gasteiger partial charge is 0.263 e. The summed E-state index contributed by atoms with van der Waals surface area (Å²) >= 11 is 9.31. The predicted molar refractivity (Wildman–Crippen MR) is 77.9 cm³/mol.